The predicted octanol–water partition coefficient (Wildman–Crippen LogP) is 2.07. The van der Waals surface area contributed by atoms with Crippen molar-refractivity contribution in [3.05, 3.63) is 59.1 Å². The monoisotopic (exact) mass is 427 g/mol. The van der Waals surface area contributed by atoms with Crippen LogP contribution >= 0.6 is 15.9 Å². The van der Waals surface area contributed by atoms with Crippen LogP contribution < -0.4 is 11.2 Å². The lowest BCUT2D eigenvalue weighted by molar-refractivity contribution is -0.385. The molecule has 0 radical (unpaired) electrons. The van der Waals surface area contributed by atoms with Crippen LogP contribution in [-0.2, 0) is 13.2 Å². The maximum Gasteiger partial charge on any atom is 0.431 e. The Bertz CT molecular complexity index is 1010. The lowest BCUT2D eigenvalue weighted by atomic mass is 10.2. The SMILES string of the molecule is Cn1c(C(F)(F)F)cc(=O)n(-c2c(F)cc(Br)c(O)c2[N+](=O)[O-])c1=O. The number of aromatic nitrogens is 2. The molecule has 0 unspecified atom stereocenters. The van der Waals surface area contributed by atoms with Crippen LogP contribution in [0, 0.1) is 15.9 Å². The van der Waals surface area contributed by atoms with Crippen LogP contribution in [0.3, 0.4) is 0 Å². The Morgan fingerprint density at radius 3 is 2.32 bits per heavy atom. The topological polar surface area (TPSA) is 107 Å². The minimum Gasteiger partial charge on any atom is -0.501 e. The molecule has 25 heavy (non-hydrogen) atoms. The number of halogens is 5. The smallest absolute Gasteiger partial charge is 0.431 e. The summed E-state index contributed by atoms with van der Waals surface area (Å²) in [6, 6.07) is 0.519. The Balaban J connectivity index is 3.03. The molecule has 0 saturated heterocycles. The van der Waals surface area contributed by atoms with Gasteiger partial charge in [0.2, 0.25) is 5.75 Å². The minimum absolute atomic E-state index is 0.0103. The average molecular weight is 428 g/mol. The van der Waals surface area contributed by atoms with Gasteiger partial charge in [-0.2, -0.15) is 13.2 Å². The molecule has 1 N–H and O–H groups in total. The summed E-state index contributed by atoms with van der Waals surface area (Å²) < 4.78 is 52.0. The second-order valence-electron chi connectivity index (χ2n) is 4.69. The third kappa shape index (κ3) is 3.01. The third-order valence-corrected chi connectivity index (χ3v) is 3.78. The molecule has 8 nitrogen and oxygen atoms in total. The normalized spacial score (nSPS) is 11.6. The summed E-state index contributed by atoms with van der Waals surface area (Å²) in [6.45, 7) is 0. The summed E-state index contributed by atoms with van der Waals surface area (Å²) in [5.41, 5.74) is -7.58. The first kappa shape index (κ1) is 18.6. The first-order valence-corrected chi connectivity index (χ1v) is 6.93. The molecular weight excluding hydrogens is 422 g/mol. The van der Waals surface area contributed by atoms with E-state index in [1.165, 1.54) is 0 Å². The van der Waals surface area contributed by atoms with Crippen LogP contribution in [0.4, 0.5) is 23.2 Å². The van der Waals surface area contributed by atoms with Gasteiger partial charge in [0.25, 0.3) is 5.56 Å². The van der Waals surface area contributed by atoms with Crippen molar-refractivity contribution in [3.63, 3.8) is 0 Å². The second kappa shape index (κ2) is 5.98. The van der Waals surface area contributed by atoms with Crippen LogP contribution in [-0.4, -0.2) is 19.2 Å². The molecular formula is C12H6BrF4N3O5. The number of nitrogens with zero attached hydrogens (tertiary/aromatic N) is 3. The first-order chi connectivity index (χ1) is 11.4. The van der Waals surface area contributed by atoms with Crippen molar-refractivity contribution in [1.82, 2.24) is 9.13 Å². The zero-order valence-electron chi connectivity index (χ0n) is 12.0. The first-order valence-electron chi connectivity index (χ1n) is 6.14. The zero-order chi connectivity index (χ0) is 19.3. The Kier molecular flexibility index (Phi) is 4.46. The Morgan fingerprint density at radius 1 is 1.28 bits per heavy atom. The van der Waals surface area contributed by atoms with Crippen LogP contribution in [0.15, 0.2) is 26.2 Å². The molecule has 13 heteroatoms. The molecule has 0 bridgehead atoms. The van der Waals surface area contributed by atoms with Gasteiger partial charge in [-0.25, -0.2) is 13.8 Å². The number of nitro benzene ring substituents is 1. The number of hydrogen-bond acceptors (Lipinski definition) is 5. The van der Waals surface area contributed by atoms with Crippen molar-refractivity contribution in [3.8, 4) is 11.4 Å². The molecule has 1 heterocycles. The molecule has 0 atom stereocenters. The number of alkyl halides is 3. The summed E-state index contributed by atoms with van der Waals surface area (Å²) in [7, 11) is 0.656. The van der Waals surface area contributed by atoms with Gasteiger partial charge in [-0.3, -0.25) is 19.5 Å². The van der Waals surface area contributed by atoms with Crippen LogP contribution in [0.5, 0.6) is 5.75 Å². The van der Waals surface area contributed by atoms with Crippen molar-refractivity contribution in [2.24, 2.45) is 7.05 Å². The van der Waals surface area contributed by atoms with Gasteiger partial charge in [-0.15, -0.1) is 0 Å². The van der Waals surface area contributed by atoms with E-state index in [1.807, 2.05) is 0 Å². The molecule has 0 aliphatic heterocycles. The Hall–Kier alpha value is -2.70. The quantitative estimate of drug-likeness (QED) is 0.448. The summed E-state index contributed by atoms with van der Waals surface area (Å²) in [6.07, 6.45) is -5.06. The van der Waals surface area contributed by atoms with E-state index in [2.05, 4.69) is 15.9 Å². The highest BCUT2D eigenvalue weighted by Gasteiger charge is 2.37. The average Bonchev–Trinajstić information content (AvgIpc) is 2.46. The van der Waals surface area contributed by atoms with E-state index in [0.717, 1.165) is 0 Å². The Labute approximate surface area is 142 Å². The summed E-state index contributed by atoms with van der Waals surface area (Å²) in [5.74, 6) is -2.58. The molecule has 1 aromatic heterocycles. The molecule has 0 fully saturated rings. The van der Waals surface area contributed by atoms with Crippen molar-refractivity contribution in [1.29, 1.82) is 0 Å². The molecule has 0 aliphatic rings. The maximum atomic E-state index is 14.2. The fourth-order valence-electron chi connectivity index (χ4n) is 2.08. The molecule has 134 valence electrons. The number of nitro groups is 1. The lowest BCUT2D eigenvalue weighted by Gasteiger charge is -2.14. The summed E-state index contributed by atoms with van der Waals surface area (Å²) in [5, 5.41) is 20.8. The van der Waals surface area contributed by atoms with Gasteiger partial charge in [0.1, 0.15) is 5.69 Å². The number of benzene rings is 1. The standard InChI is InChI=1S/C12H6BrF4N3O5/c1-18-6(12(15,16)17)3-7(21)19(11(18)23)8-5(14)2-4(13)10(22)9(8)20(24)25/h2-3,22H,1H3. The van der Waals surface area contributed by atoms with Gasteiger partial charge in [0.15, 0.2) is 11.5 Å². The van der Waals surface area contributed by atoms with Gasteiger partial charge in [0.05, 0.1) is 9.40 Å². The Morgan fingerprint density at radius 2 is 1.84 bits per heavy atom. The number of rotatable bonds is 2. The third-order valence-electron chi connectivity index (χ3n) is 3.17. The molecule has 0 saturated carbocycles. The van der Waals surface area contributed by atoms with Gasteiger partial charge in [-0.05, 0) is 22.0 Å². The van der Waals surface area contributed by atoms with E-state index >= 15 is 0 Å². The highest BCUT2D eigenvalue weighted by Crippen LogP contribution is 2.39. The van der Waals surface area contributed by atoms with Crippen molar-refractivity contribution in [2.45, 2.75) is 6.18 Å². The van der Waals surface area contributed by atoms with Gasteiger partial charge < -0.3 is 5.11 Å². The van der Waals surface area contributed by atoms with E-state index in [-0.39, 0.29) is 15.2 Å². The van der Waals surface area contributed by atoms with Crippen LogP contribution in [0.2, 0.25) is 0 Å². The van der Waals surface area contributed by atoms with Crippen molar-refractivity contribution >= 4 is 21.6 Å². The molecule has 0 aliphatic carbocycles. The van der Waals surface area contributed by atoms with Crippen LogP contribution in [0.25, 0.3) is 5.69 Å². The van der Waals surface area contributed by atoms with E-state index in [0.29, 0.717) is 13.1 Å². The fourth-order valence-corrected chi connectivity index (χ4v) is 2.46. The molecule has 2 rings (SSSR count). The van der Waals surface area contributed by atoms with Gasteiger partial charge >= 0.3 is 17.6 Å². The van der Waals surface area contributed by atoms with E-state index in [4.69, 9.17) is 0 Å². The number of aromatic hydroxyl groups is 1. The van der Waals surface area contributed by atoms with E-state index < -0.39 is 55.5 Å². The highest BCUT2D eigenvalue weighted by atomic mass is 79.9. The van der Waals surface area contributed by atoms with Crippen LogP contribution in [0.1, 0.15) is 5.69 Å². The highest BCUT2D eigenvalue weighted by molar-refractivity contribution is 9.10. The van der Waals surface area contributed by atoms with E-state index in [9.17, 15) is 42.4 Å². The predicted molar refractivity (Wildman–Crippen MR) is 78.3 cm³/mol. The molecule has 1 aromatic carbocycles. The largest absolute Gasteiger partial charge is 0.501 e. The molecule has 0 spiro atoms. The van der Waals surface area contributed by atoms with E-state index in [1.54, 1.807) is 0 Å². The number of phenols is 1. The minimum atomic E-state index is -5.06. The van der Waals surface area contributed by atoms with Crippen molar-refractivity contribution in [2.75, 3.05) is 0 Å². The molecule has 0 amide bonds. The van der Waals surface area contributed by atoms with Gasteiger partial charge in [0, 0.05) is 13.1 Å². The summed E-state index contributed by atoms with van der Waals surface area (Å²) >= 11 is 2.65. The number of phenolic OH excluding ortho intramolecular Hbond substituents is 1. The fraction of sp³-hybridized carbons (Fsp3) is 0.167. The summed E-state index contributed by atoms with van der Waals surface area (Å²) in [4.78, 5) is 33.9. The zero-order valence-corrected chi connectivity index (χ0v) is 13.6. The number of hydrogen-bond donors (Lipinski definition) is 1. The van der Waals surface area contributed by atoms with Crippen molar-refractivity contribution < 1.29 is 27.6 Å². The second-order valence-corrected chi connectivity index (χ2v) is 5.54. The molecule has 2 aromatic rings. The maximum absolute atomic E-state index is 14.2. The lowest BCUT2D eigenvalue weighted by Crippen LogP contribution is -2.41. The van der Waals surface area contributed by atoms with Gasteiger partial charge in [-0.1, -0.05) is 0 Å².